The highest BCUT2D eigenvalue weighted by molar-refractivity contribution is 5.71. The van der Waals surface area contributed by atoms with Gasteiger partial charge in [0.2, 0.25) is 0 Å². The number of benzene rings is 1. The molecule has 0 unspecified atom stereocenters. The summed E-state index contributed by atoms with van der Waals surface area (Å²) in [7, 11) is 0. The van der Waals surface area contributed by atoms with E-state index in [0.29, 0.717) is 0 Å². The molecule has 0 saturated carbocycles. The average Bonchev–Trinajstić information content (AvgIpc) is 2.72. The van der Waals surface area contributed by atoms with Crippen LogP contribution in [0, 0.1) is 0 Å². The summed E-state index contributed by atoms with van der Waals surface area (Å²) in [6.07, 6.45) is 23.8. The minimum atomic E-state index is 0.741. The van der Waals surface area contributed by atoms with Crippen LogP contribution in [0.3, 0.4) is 0 Å². The molecule has 0 heterocycles. The van der Waals surface area contributed by atoms with E-state index in [-0.39, 0.29) is 0 Å². The van der Waals surface area contributed by atoms with Crippen molar-refractivity contribution in [2.75, 3.05) is 11.9 Å². The number of amides is 1. The molecule has 0 fully saturated rings. The minimum Gasteiger partial charge on any atom is -0.494 e. The third-order valence-electron chi connectivity index (χ3n) is 5.32. The molecule has 1 amide bonds. The molecule has 159 valence electrons. The maximum Gasteiger partial charge on any atom is 0.314 e. The Kier molecular flexibility index (Phi) is 16.5. The lowest BCUT2D eigenvalue weighted by Gasteiger charge is -2.07. The van der Waals surface area contributed by atoms with E-state index in [0.717, 1.165) is 24.5 Å². The first kappa shape index (κ1) is 24.5. The van der Waals surface area contributed by atoms with E-state index >= 15 is 0 Å². The highest BCUT2D eigenvalue weighted by Gasteiger charge is 1.97. The van der Waals surface area contributed by atoms with Crippen molar-refractivity contribution in [2.45, 2.75) is 110 Å². The van der Waals surface area contributed by atoms with E-state index in [1.165, 1.54) is 96.3 Å². The zero-order chi connectivity index (χ0) is 20.1. The first-order valence-corrected chi connectivity index (χ1v) is 11.7. The molecule has 0 aliphatic heterocycles. The van der Waals surface area contributed by atoms with E-state index < -0.39 is 0 Å². The second-order valence-electron chi connectivity index (χ2n) is 7.90. The number of nitrogens with one attached hydrogen (secondary N) is 1. The normalized spacial score (nSPS) is 10.8. The summed E-state index contributed by atoms with van der Waals surface area (Å²) in [6.45, 7) is 3.05. The van der Waals surface area contributed by atoms with Crippen LogP contribution in [0.2, 0.25) is 0 Å². The van der Waals surface area contributed by atoms with E-state index in [2.05, 4.69) is 12.2 Å². The van der Waals surface area contributed by atoms with Gasteiger partial charge in [0.05, 0.1) is 6.61 Å². The van der Waals surface area contributed by atoms with Gasteiger partial charge in [-0.25, -0.2) is 0 Å². The van der Waals surface area contributed by atoms with Gasteiger partial charge in [-0.05, 0) is 30.7 Å². The SMILES string of the molecule is CCCCCCCCCCCCCCCCCCOc1ccc(N[C]=O)cc1. The number of unbranched alkanes of at least 4 members (excludes halogenated alkanes) is 15. The number of carbonyl (C=O) groups excluding carboxylic acids is 1. The Hall–Kier alpha value is -1.51. The van der Waals surface area contributed by atoms with Crippen LogP contribution in [0.25, 0.3) is 0 Å². The third kappa shape index (κ3) is 14.5. The van der Waals surface area contributed by atoms with Gasteiger partial charge in [-0.15, -0.1) is 0 Å². The van der Waals surface area contributed by atoms with Crippen molar-refractivity contribution in [3.8, 4) is 5.75 Å². The Morgan fingerprint density at radius 3 is 1.54 bits per heavy atom. The van der Waals surface area contributed by atoms with Gasteiger partial charge < -0.3 is 10.1 Å². The maximum absolute atomic E-state index is 10.2. The second-order valence-corrected chi connectivity index (χ2v) is 7.90. The summed E-state index contributed by atoms with van der Waals surface area (Å²) in [5.74, 6) is 0.859. The van der Waals surface area contributed by atoms with Crippen LogP contribution in [0.5, 0.6) is 5.75 Å². The number of ether oxygens (including phenoxy) is 1. The third-order valence-corrected chi connectivity index (χ3v) is 5.32. The summed E-state index contributed by atoms with van der Waals surface area (Å²) in [5, 5.41) is 2.50. The fraction of sp³-hybridized carbons (Fsp3) is 0.720. The Balaban J connectivity index is 1.78. The van der Waals surface area contributed by atoms with Gasteiger partial charge in [-0.1, -0.05) is 103 Å². The van der Waals surface area contributed by atoms with Crippen LogP contribution in [0.15, 0.2) is 24.3 Å². The van der Waals surface area contributed by atoms with Gasteiger partial charge in [0.25, 0.3) is 0 Å². The number of hydrogen-bond acceptors (Lipinski definition) is 2. The zero-order valence-electron chi connectivity index (χ0n) is 18.1. The van der Waals surface area contributed by atoms with E-state index in [1.807, 2.05) is 24.3 Å². The molecule has 3 nitrogen and oxygen atoms in total. The van der Waals surface area contributed by atoms with Crippen molar-refractivity contribution < 1.29 is 9.53 Å². The number of anilines is 1. The smallest absolute Gasteiger partial charge is 0.314 e. The van der Waals surface area contributed by atoms with Crippen molar-refractivity contribution >= 4 is 12.1 Å². The predicted octanol–water partition coefficient (Wildman–Crippen LogP) is 7.81. The molecule has 0 spiro atoms. The average molecular weight is 389 g/mol. The van der Waals surface area contributed by atoms with Crippen molar-refractivity contribution in [2.24, 2.45) is 0 Å². The highest BCUT2D eigenvalue weighted by atomic mass is 16.5. The van der Waals surface area contributed by atoms with Crippen molar-refractivity contribution in [3.05, 3.63) is 24.3 Å². The molecule has 1 aromatic carbocycles. The standard InChI is InChI=1S/C25H42NO2/c1-2-3-4-5-6-7-8-9-10-11-12-13-14-15-16-17-22-28-25-20-18-24(19-21-25)26-23-27/h18-21H,2-17,22H2,1H3,(H,26,27). The van der Waals surface area contributed by atoms with Crippen molar-refractivity contribution in [3.63, 3.8) is 0 Å². The Bertz CT molecular complexity index is 458. The van der Waals surface area contributed by atoms with Crippen LogP contribution in [0.1, 0.15) is 110 Å². The first-order valence-electron chi connectivity index (χ1n) is 11.7. The summed E-state index contributed by atoms with van der Waals surface area (Å²) >= 11 is 0. The van der Waals surface area contributed by atoms with Crippen LogP contribution >= 0.6 is 0 Å². The highest BCUT2D eigenvalue weighted by Crippen LogP contribution is 2.16. The fourth-order valence-electron chi connectivity index (χ4n) is 3.53. The Labute approximate surface area is 173 Å². The first-order chi connectivity index (χ1) is 13.9. The van der Waals surface area contributed by atoms with E-state index in [1.54, 1.807) is 6.41 Å². The molecule has 1 N–H and O–H groups in total. The summed E-state index contributed by atoms with van der Waals surface area (Å²) < 4.78 is 5.73. The lowest BCUT2D eigenvalue weighted by Crippen LogP contribution is -1.98. The summed E-state index contributed by atoms with van der Waals surface area (Å²) in [6, 6.07) is 7.42. The zero-order valence-corrected chi connectivity index (χ0v) is 18.1. The predicted molar refractivity (Wildman–Crippen MR) is 121 cm³/mol. The van der Waals surface area contributed by atoms with Gasteiger partial charge in [-0.2, -0.15) is 0 Å². The van der Waals surface area contributed by atoms with Crippen LogP contribution in [0.4, 0.5) is 5.69 Å². The van der Waals surface area contributed by atoms with Gasteiger partial charge in [0.1, 0.15) is 5.75 Å². The quantitative estimate of drug-likeness (QED) is 0.183. The molecule has 0 bridgehead atoms. The van der Waals surface area contributed by atoms with Gasteiger partial charge in [0.15, 0.2) is 0 Å². The number of hydrogen-bond donors (Lipinski definition) is 1. The van der Waals surface area contributed by atoms with Gasteiger partial charge in [-0.3, -0.25) is 4.79 Å². The van der Waals surface area contributed by atoms with Crippen molar-refractivity contribution in [1.29, 1.82) is 0 Å². The topological polar surface area (TPSA) is 38.3 Å². The number of rotatable bonds is 20. The van der Waals surface area contributed by atoms with Gasteiger partial charge in [0, 0.05) is 5.69 Å². The van der Waals surface area contributed by atoms with Crippen LogP contribution < -0.4 is 10.1 Å². The van der Waals surface area contributed by atoms with Crippen LogP contribution in [-0.4, -0.2) is 13.0 Å². The van der Waals surface area contributed by atoms with Crippen molar-refractivity contribution in [1.82, 2.24) is 0 Å². The molecule has 1 rings (SSSR count). The maximum atomic E-state index is 10.2. The van der Waals surface area contributed by atoms with Gasteiger partial charge >= 0.3 is 6.41 Å². The molecule has 0 aliphatic rings. The molecule has 1 radical (unpaired) electrons. The Morgan fingerprint density at radius 2 is 1.11 bits per heavy atom. The lowest BCUT2D eigenvalue weighted by atomic mass is 10.0. The molecule has 0 aromatic heterocycles. The Morgan fingerprint density at radius 1 is 0.679 bits per heavy atom. The molecule has 28 heavy (non-hydrogen) atoms. The van der Waals surface area contributed by atoms with E-state index in [9.17, 15) is 4.79 Å². The monoisotopic (exact) mass is 388 g/mol. The molecule has 0 saturated heterocycles. The minimum absolute atomic E-state index is 0.741. The molecule has 3 heteroatoms. The fourth-order valence-corrected chi connectivity index (χ4v) is 3.53. The summed E-state index contributed by atoms with van der Waals surface area (Å²) in [4.78, 5) is 10.2. The van der Waals surface area contributed by atoms with Crippen LogP contribution in [-0.2, 0) is 4.79 Å². The molecular weight excluding hydrogens is 346 g/mol. The molecule has 0 aliphatic carbocycles. The second kappa shape index (κ2) is 18.8. The molecular formula is C25H42NO2. The van der Waals surface area contributed by atoms with E-state index in [4.69, 9.17) is 4.74 Å². The summed E-state index contributed by atoms with van der Waals surface area (Å²) in [5.41, 5.74) is 0.741. The lowest BCUT2D eigenvalue weighted by molar-refractivity contribution is 0.304. The molecule has 0 atom stereocenters. The molecule has 1 aromatic rings. The largest absolute Gasteiger partial charge is 0.494 e.